The Balaban J connectivity index is 1.94. The van der Waals surface area contributed by atoms with Crippen LogP contribution < -0.4 is 5.32 Å². The standard InChI is InChI=1S/C18H15ClN2O/c19-17-8-6-15(7-9-17)12-16(13-20)18(22)21-11-10-14-4-2-1-3-5-14/h1-9,12H,10-11H2,(H,21,22)/b16-12+. The quantitative estimate of drug-likeness (QED) is 0.677. The van der Waals surface area contributed by atoms with Crippen LogP contribution in [-0.2, 0) is 11.2 Å². The average molecular weight is 311 g/mol. The zero-order valence-electron chi connectivity index (χ0n) is 11.9. The Morgan fingerprint density at radius 2 is 1.82 bits per heavy atom. The minimum atomic E-state index is -0.367. The summed E-state index contributed by atoms with van der Waals surface area (Å²) in [6.45, 7) is 0.489. The molecule has 0 aromatic heterocycles. The number of halogens is 1. The van der Waals surface area contributed by atoms with E-state index in [-0.39, 0.29) is 11.5 Å². The third kappa shape index (κ3) is 4.76. The van der Waals surface area contributed by atoms with Gasteiger partial charge < -0.3 is 5.32 Å². The monoisotopic (exact) mass is 310 g/mol. The zero-order valence-corrected chi connectivity index (χ0v) is 12.7. The van der Waals surface area contributed by atoms with Crippen LogP contribution in [0.3, 0.4) is 0 Å². The fourth-order valence-corrected chi connectivity index (χ4v) is 2.06. The molecular weight excluding hydrogens is 296 g/mol. The lowest BCUT2D eigenvalue weighted by molar-refractivity contribution is -0.117. The van der Waals surface area contributed by atoms with Crippen LogP contribution in [0.4, 0.5) is 0 Å². The Bertz CT molecular complexity index is 700. The molecule has 1 amide bonds. The number of hydrogen-bond donors (Lipinski definition) is 1. The summed E-state index contributed by atoms with van der Waals surface area (Å²) in [5, 5.41) is 12.5. The van der Waals surface area contributed by atoms with Gasteiger partial charge >= 0.3 is 0 Å². The molecule has 0 atom stereocenters. The van der Waals surface area contributed by atoms with Crippen molar-refractivity contribution in [2.24, 2.45) is 0 Å². The smallest absolute Gasteiger partial charge is 0.261 e. The summed E-state index contributed by atoms with van der Waals surface area (Å²) >= 11 is 5.81. The Labute approximate surface area is 134 Å². The second kappa shape index (κ2) is 8.02. The van der Waals surface area contributed by atoms with Gasteiger partial charge in [-0.05, 0) is 35.8 Å². The van der Waals surface area contributed by atoms with Crippen LogP contribution in [0.2, 0.25) is 5.02 Å². The molecule has 2 aromatic rings. The molecule has 0 aliphatic rings. The third-order valence-corrected chi connectivity index (χ3v) is 3.34. The van der Waals surface area contributed by atoms with E-state index in [0.29, 0.717) is 11.6 Å². The van der Waals surface area contributed by atoms with E-state index in [1.807, 2.05) is 36.4 Å². The van der Waals surface area contributed by atoms with Gasteiger partial charge in [-0.25, -0.2) is 0 Å². The number of nitrogens with one attached hydrogen (secondary N) is 1. The molecule has 0 unspecified atom stereocenters. The highest BCUT2D eigenvalue weighted by atomic mass is 35.5. The Hall–Kier alpha value is -2.57. The van der Waals surface area contributed by atoms with Crippen molar-refractivity contribution in [2.45, 2.75) is 6.42 Å². The lowest BCUT2D eigenvalue weighted by Gasteiger charge is -2.04. The maximum Gasteiger partial charge on any atom is 0.261 e. The van der Waals surface area contributed by atoms with E-state index in [0.717, 1.165) is 17.5 Å². The summed E-state index contributed by atoms with van der Waals surface area (Å²) in [7, 11) is 0. The van der Waals surface area contributed by atoms with Gasteiger partial charge in [-0.1, -0.05) is 54.1 Å². The van der Waals surface area contributed by atoms with Gasteiger partial charge in [0.05, 0.1) is 0 Å². The van der Waals surface area contributed by atoms with Crippen LogP contribution >= 0.6 is 11.6 Å². The van der Waals surface area contributed by atoms with Gasteiger partial charge in [-0.3, -0.25) is 4.79 Å². The van der Waals surface area contributed by atoms with Crippen LogP contribution in [0.1, 0.15) is 11.1 Å². The maximum atomic E-state index is 12.0. The minimum absolute atomic E-state index is 0.0791. The molecular formula is C18H15ClN2O. The van der Waals surface area contributed by atoms with E-state index in [4.69, 9.17) is 16.9 Å². The van der Waals surface area contributed by atoms with E-state index in [9.17, 15) is 4.79 Å². The summed E-state index contributed by atoms with van der Waals surface area (Å²) < 4.78 is 0. The van der Waals surface area contributed by atoms with Crippen molar-refractivity contribution in [3.63, 3.8) is 0 Å². The molecule has 2 rings (SSSR count). The van der Waals surface area contributed by atoms with E-state index in [1.165, 1.54) is 0 Å². The Morgan fingerprint density at radius 3 is 2.45 bits per heavy atom. The maximum absolute atomic E-state index is 12.0. The molecule has 0 aliphatic heterocycles. The number of rotatable bonds is 5. The van der Waals surface area contributed by atoms with Crippen LogP contribution in [-0.4, -0.2) is 12.5 Å². The molecule has 0 fully saturated rings. The highest BCUT2D eigenvalue weighted by Gasteiger charge is 2.08. The van der Waals surface area contributed by atoms with Crippen molar-refractivity contribution in [3.05, 3.63) is 76.3 Å². The zero-order chi connectivity index (χ0) is 15.8. The van der Waals surface area contributed by atoms with Crippen molar-refractivity contribution < 1.29 is 4.79 Å². The molecule has 0 saturated heterocycles. The predicted molar refractivity (Wildman–Crippen MR) is 88.2 cm³/mol. The number of nitrogens with zero attached hydrogens (tertiary/aromatic N) is 1. The first-order chi connectivity index (χ1) is 10.7. The summed E-state index contributed by atoms with van der Waals surface area (Å²) in [6.07, 6.45) is 2.28. The SMILES string of the molecule is N#C/C(=C\c1ccc(Cl)cc1)C(=O)NCCc1ccccc1. The van der Waals surface area contributed by atoms with E-state index < -0.39 is 0 Å². The minimum Gasteiger partial charge on any atom is -0.351 e. The Morgan fingerprint density at radius 1 is 1.14 bits per heavy atom. The van der Waals surface area contributed by atoms with Crippen LogP contribution in [0.5, 0.6) is 0 Å². The lowest BCUT2D eigenvalue weighted by atomic mass is 10.1. The third-order valence-electron chi connectivity index (χ3n) is 3.09. The number of carbonyl (C=O) groups excluding carboxylic acids is 1. The van der Waals surface area contributed by atoms with Crippen LogP contribution in [0.15, 0.2) is 60.2 Å². The predicted octanol–water partition coefficient (Wildman–Crippen LogP) is 3.61. The molecule has 0 radical (unpaired) electrons. The molecule has 0 heterocycles. The van der Waals surface area contributed by atoms with Gasteiger partial charge in [0.2, 0.25) is 0 Å². The number of carbonyl (C=O) groups is 1. The first-order valence-electron chi connectivity index (χ1n) is 6.88. The summed E-state index contributed by atoms with van der Waals surface area (Å²) in [5.74, 6) is -0.367. The molecule has 2 aromatic carbocycles. The van der Waals surface area contributed by atoms with Gasteiger partial charge in [0, 0.05) is 11.6 Å². The van der Waals surface area contributed by atoms with Crippen molar-refractivity contribution in [3.8, 4) is 6.07 Å². The van der Waals surface area contributed by atoms with Crippen molar-refractivity contribution in [1.82, 2.24) is 5.32 Å². The van der Waals surface area contributed by atoms with E-state index in [1.54, 1.807) is 30.3 Å². The number of amides is 1. The largest absolute Gasteiger partial charge is 0.351 e. The van der Waals surface area contributed by atoms with Gasteiger partial charge in [-0.2, -0.15) is 5.26 Å². The Kier molecular flexibility index (Phi) is 5.76. The molecule has 1 N–H and O–H groups in total. The average Bonchev–Trinajstić information content (AvgIpc) is 2.55. The van der Waals surface area contributed by atoms with E-state index >= 15 is 0 Å². The topological polar surface area (TPSA) is 52.9 Å². The molecule has 0 aliphatic carbocycles. The first-order valence-corrected chi connectivity index (χ1v) is 7.26. The highest BCUT2D eigenvalue weighted by molar-refractivity contribution is 6.30. The van der Waals surface area contributed by atoms with E-state index in [2.05, 4.69) is 5.32 Å². The molecule has 22 heavy (non-hydrogen) atoms. The van der Waals surface area contributed by atoms with Crippen molar-refractivity contribution >= 4 is 23.6 Å². The summed E-state index contributed by atoms with van der Waals surface area (Å²) in [6, 6.07) is 18.8. The second-order valence-corrected chi connectivity index (χ2v) is 5.15. The van der Waals surface area contributed by atoms with Gasteiger partial charge in [-0.15, -0.1) is 0 Å². The van der Waals surface area contributed by atoms with Crippen molar-refractivity contribution in [2.75, 3.05) is 6.54 Å². The first kappa shape index (κ1) is 15.8. The van der Waals surface area contributed by atoms with Gasteiger partial charge in [0.1, 0.15) is 11.6 Å². The summed E-state index contributed by atoms with van der Waals surface area (Å²) in [4.78, 5) is 12.0. The number of nitriles is 1. The summed E-state index contributed by atoms with van der Waals surface area (Å²) in [5.41, 5.74) is 1.98. The van der Waals surface area contributed by atoms with Gasteiger partial charge in [0.15, 0.2) is 0 Å². The lowest BCUT2D eigenvalue weighted by Crippen LogP contribution is -2.26. The van der Waals surface area contributed by atoms with Gasteiger partial charge in [0.25, 0.3) is 5.91 Å². The fraction of sp³-hybridized carbons (Fsp3) is 0.111. The molecule has 4 heteroatoms. The second-order valence-electron chi connectivity index (χ2n) is 4.71. The molecule has 0 bridgehead atoms. The normalized spacial score (nSPS) is 10.8. The highest BCUT2D eigenvalue weighted by Crippen LogP contribution is 2.12. The molecule has 110 valence electrons. The van der Waals surface area contributed by atoms with Crippen LogP contribution in [0.25, 0.3) is 6.08 Å². The molecule has 0 saturated carbocycles. The number of hydrogen-bond acceptors (Lipinski definition) is 2. The fourth-order valence-electron chi connectivity index (χ4n) is 1.93. The van der Waals surface area contributed by atoms with Crippen LogP contribution in [0, 0.1) is 11.3 Å². The van der Waals surface area contributed by atoms with Crippen molar-refractivity contribution in [1.29, 1.82) is 5.26 Å². The molecule has 0 spiro atoms. The molecule has 3 nitrogen and oxygen atoms in total. The number of benzene rings is 2.